The Morgan fingerprint density at radius 2 is 1.94 bits per heavy atom. The van der Waals surface area contributed by atoms with Crippen LogP contribution >= 0.6 is 0 Å². The molecule has 1 aromatic carbocycles. The summed E-state index contributed by atoms with van der Waals surface area (Å²) in [5.74, 6) is 0. The molecule has 5 heteroatoms. The van der Waals surface area contributed by atoms with Crippen LogP contribution < -0.4 is 5.73 Å². The molecule has 1 aromatic rings. The average molecular weight is 253 g/mol. The monoisotopic (exact) mass is 253 g/mol. The fourth-order valence-corrected chi connectivity index (χ4v) is 2.79. The average Bonchev–Trinajstić information content (AvgIpc) is 2.64. The number of aryl methyl sites for hydroxylation is 1. The molecule has 0 amide bonds. The summed E-state index contributed by atoms with van der Waals surface area (Å²) in [6.07, 6.45) is 3.64. The maximum absolute atomic E-state index is 11.9. The van der Waals surface area contributed by atoms with E-state index in [1.807, 2.05) is 13.0 Å². The van der Waals surface area contributed by atoms with E-state index in [-0.39, 0.29) is 10.9 Å². The summed E-state index contributed by atoms with van der Waals surface area (Å²) in [5.41, 5.74) is 6.72. The molecule has 0 aromatic heterocycles. The van der Waals surface area contributed by atoms with E-state index < -0.39 is 16.2 Å². The zero-order valence-electron chi connectivity index (χ0n) is 9.54. The van der Waals surface area contributed by atoms with E-state index >= 15 is 0 Å². The Morgan fingerprint density at radius 3 is 2.47 bits per heavy atom. The number of hydrogen-bond donors (Lipinski definition) is 1. The van der Waals surface area contributed by atoms with E-state index in [0.29, 0.717) is 6.42 Å². The first-order valence-corrected chi connectivity index (χ1v) is 6.82. The van der Waals surface area contributed by atoms with Crippen molar-refractivity contribution in [1.82, 2.24) is 0 Å². The summed E-state index contributed by atoms with van der Waals surface area (Å²) in [5, 5.41) is 0. The molecule has 0 fully saturated rings. The van der Waals surface area contributed by atoms with E-state index in [4.69, 9.17) is 9.92 Å². The minimum Gasteiger partial charge on any atom is -0.322 e. The fourth-order valence-electron chi connectivity index (χ4n) is 1.68. The Kier molecular flexibility index (Phi) is 3.33. The molecule has 2 atom stereocenters. The third kappa shape index (κ3) is 2.74. The molecule has 0 saturated heterocycles. The van der Waals surface area contributed by atoms with Gasteiger partial charge in [-0.2, -0.15) is 8.42 Å². The second-order valence-electron chi connectivity index (χ2n) is 4.14. The summed E-state index contributed by atoms with van der Waals surface area (Å²) in [6.45, 7) is 1.90. The zero-order valence-corrected chi connectivity index (χ0v) is 10.4. The van der Waals surface area contributed by atoms with Gasteiger partial charge in [-0.1, -0.05) is 29.8 Å². The molecule has 0 bridgehead atoms. The lowest BCUT2D eigenvalue weighted by Gasteiger charge is -2.15. The Morgan fingerprint density at radius 1 is 1.29 bits per heavy atom. The molecule has 0 saturated carbocycles. The minimum atomic E-state index is -3.71. The summed E-state index contributed by atoms with van der Waals surface area (Å²) in [4.78, 5) is 0.169. The smallest absolute Gasteiger partial charge is 0.297 e. The van der Waals surface area contributed by atoms with Gasteiger partial charge < -0.3 is 5.73 Å². The SMILES string of the molecule is Cc1ccc(S(=O)(=O)OC2CC=CC2N)cc1. The highest BCUT2D eigenvalue weighted by atomic mass is 32.2. The molecule has 4 nitrogen and oxygen atoms in total. The van der Waals surface area contributed by atoms with Crippen LogP contribution in [-0.2, 0) is 14.3 Å². The molecule has 1 aliphatic rings. The van der Waals surface area contributed by atoms with Gasteiger partial charge in [-0.05, 0) is 25.5 Å². The van der Waals surface area contributed by atoms with Crippen molar-refractivity contribution in [3.63, 3.8) is 0 Å². The van der Waals surface area contributed by atoms with Gasteiger partial charge in [-0.25, -0.2) is 0 Å². The van der Waals surface area contributed by atoms with Crippen LogP contribution in [0.1, 0.15) is 12.0 Å². The lowest BCUT2D eigenvalue weighted by Crippen LogP contribution is -2.33. The van der Waals surface area contributed by atoms with Crippen LogP contribution in [0.25, 0.3) is 0 Å². The van der Waals surface area contributed by atoms with Gasteiger partial charge in [0, 0.05) is 0 Å². The molecule has 2 rings (SSSR count). The predicted molar refractivity (Wildman–Crippen MR) is 65.0 cm³/mol. The van der Waals surface area contributed by atoms with Crippen molar-refractivity contribution < 1.29 is 12.6 Å². The molecule has 2 unspecified atom stereocenters. The van der Waals surface area contributed by atoms with Crippen LogP contribution in [0.5, 0.6) is 0 Å². The van der Waals surface area contributed by atoms with Crippen LogP contribution in [0.15, 0.2) is 41.3 Å². The number of nitrogens with two attached hydrogens (primary N) is 1. The van der Waals surface area contributed by atoms with E-state index in [0.717, 1.165) is 5.56 Å². The van der Waals surface area contributed by atoms with E-state index in [9.17, 15) is 8.42 Å². The number of hydrogen-bond acceptors (Lipinski definition) is 4. The Labute approximate surface area is 101 Å². The summed E-state index contributed by atoms with van der Waals surface area (Å²) < 4.78 is 29.0. The van der Waals surface area contributed by atoms with Crippen LogP contribution in [0.4, 0.5) is 0 Å². The van der Waals surface area contributed by atoms with Crippen molar-refractivity contribution in [3.05, 3.63) is 42.0 Å². The third-order valence-electron chi connectivity index (χ3n) is 2.72. The van der Waals surface area contributed by atoms with Gasteiger partial charge in [-0.3, -0.25) is 4.18 Å². The Hall–Kier alpha value is -1.17. The van der Waals surface area contributed by atoms with Crippen molar-refractivity contribution in [2.24, 2.45) is 5.73 Å². The first-order valence-electron chi connectivity index (χ1n) is 5.41. The normalized spacial score (nSPS) is 24.1. The zero-order chi connectivity index (χ0) is 12.5. The molecule has 0 heterocycles. The van der Waals surface area contributed by atoms with Gasteiger partial charge in [0.2, 0.25) is 0 Å². The number of rotatable bonds is 3. The summed E-state index contributed by atoms with van der Waals surface area (Å²) >= 11 is 0. The van der Waals surface area contributed by atoms with Gasteiger partial charge in [0.25, 0.3) is 10.1 Å². The van der Waals surface area contributed by atoms with Crippen LogP contribution in [0.2, 0.25) is 0 Å². The first-order chi connectivity index (χ1) is 7.99. The van der Waals surface area contributed by atoms with Crippen molar-refractivity contribution in [2.75, 3.05) is 0 Å². The van der Waals surface area contributed by atoms with Crippen LogP contribution in [-0.4, -0.2) is 20.6 Å². The maximum atomic E-state index is 11.9. The molecule has 0 radical (unpaired) electrons. The molecule has 1 aliphatic carbocycles. The molecule has 0 aliphatic heterocycles. The highest BCUT2D eigenvalue weighted by Gasteiger charge is 2.27. The summed E-state index contributed by atoms with van der Waals surface area (Å²) in [7, 11) is -3.71. The predicted octanol–water partition coefficient (Wildman–Crippen LogP) is 1.36. The molecular formula is C12H15NO3S. The number of benzene rings is 1. The minimum absolute atomic E-state index is 0.169. The van der Waals surface area contributed by atoms with E-state index in [1.165, 1.54) is 0 Å². The fraction of sp³-hybridized carbons (Fsp3) is 0.333. The van der Waals surface area contributed by atoms with Crippen molar-refractivity contribution >= 4 is 10.1 Å². The topological polar surface area (TPSA) is 69.4 Å². The van der Waals surface area contributed by atoms with Crippen molar-refractivity contribution in [1.29, 1.82) is 0 Å². The lowest BCUT2D eigenvalue weighted by molar-refractivity contribution is 0.206. The summed E-state index contributed by atoms with van der Waals surface area (Å²) in [6, 6.07) is 6.21. The van der Waals surface area contributed by atoms with Crippen molar-refractivity contribution in [2.45, 2.75) is 30.4 Å². The van der Waals surface area contributed by atoms with Gasteiger partial charge in [-0.15, -0.1) is 0 Å². The van der Waals surface area contributed by atoms with Gasteiger partial charge in [0.15, 0.2) is 0 Å². The van der Waals surface area contributed by atoms with Gasteiger partial charge in [0.1, 0.15) is 0 Å². The molecule has 17 heavy (non-hydrogen) atoms. The molecular weight excluding hydrogens is 238 g/mol. The lowest BCUT2D eigenvalue weighted by atomic mass is 10.2. The third-order valence-corrected chi connectivity index (χ3v) is 4.07. The highest BCUT2D eigenvalue weighted by molar-refractivity contribution is 7.86. The standard InChI is InChI=1S/C12H15NO3S/c1-9-5-7-10(8-6-9)17(14,15)16-12-4-2-3-11(12)13/h2-3,5-8,11-12H,4,13H2,1H3. The van der Waals surface area contributed by atoms with E-state index in [2.05, 4.69) is 0 Å². The largest absolute Gasteiger partial charge is 0.322 e. The Bertz CT molecular complexity index is 519. The maximum Gasteiger partial charge on any atom is 0.297 e. The van der Waals surface area contributed by atoms with Gasteiger partial charge >= 0.3 is 0 Å². The molecule has 92 valence electrons. The molecule has 0 spiro atoms. The van der Waals surface area contributed by atoms with Gasteiger partial charge in [0.05, 0.1) is 17.0 Å². The highest BCUT2D eigenvalue weighted by Crippen LogP contribution is 2.20. The Balaban J connectivity index is 2.17. The molecule has 2 N–H and O–H groups in total. The second-order valence-corrected chi connectivity index (χ2v) is 5.72. The van der Waals surface area contributed by atoms with Crippen molar-refractivity contribution in [3.8, 4) is 0 Å². The van der Waals surface area contributed by atoms with Crippen LogP contribution in [0.3, 0.4) is 0 Å². The van der Waals surface area contributed by atoms with E-state index in [1.54, 1.807) is 30.3 Å². The second kappa shape index (κ2) is 4.60. The quantitative estimate of drug-likeness (QED) is 0.652. The van der Waals surface area contributed by atoms with Crippen LogP contribution in [0, 0.1) is 6.92 Å². The first kappa shape index (κ1) is 12.3.